The number of ether oxygens (including phenoxy) is 1. The number of hydrogen-bond acceptors (Lipinski definition) is 2. The zero-order chi connectivity index (χ0) is 14.3. The Morgan fingerprint density at radius 3 is 2.79 bits per heavy atom. The van der Waals surface area contributed by atoms with E-state index < -0.39 is 11.7 Å². The topological polar surface area (TPSA) is 38.3 Å². The fourth-order valence-corrected chi connectivity index (χ4v) is 1.33. The molecule has 1 amide bonds. The largest absolute Gasteiger partial charge is 0.416 e. The van der Waals surface area contributed by atoms with Crippen molar-refractivity contribution in [2.45, 2.75) is 6.18 Å². The van der Waals surface area contributed by atoms with Gasteiger partial charge in [0.15, 0.2) is 0 Å². The molecule has 6 heteroatoms. The summed E-state index contributed by atoms with van der Waals surface area (Å²) in [7, 11) is 1.50. The molecule has 104 valence electrons. The molecule has 0 heterocycles. The fourth-order valence-electron chi connectivity index (χ4n) is 1.33. The average Bonchev–Trinajstić information content (AvgIpc) is 2.36. The van der Waals surface area contributed by atoms with Crippen LogP contribution in [0.1, 0.15) is 11.1 Å². The van der Waals surface area contributed by atoms with Gasteiger partial charge in [-0.05, 0) is 23.8 Å². The fraction of sp³-hybridized carbons (Fsp3) is 0.308. The smallest absolute Gasteiger partial charge is 0.383 e. The summed E-state index contributed by atoms with van der Waals surface area (Å²) in [5.41, 5.74) is -0.425. The van der Waals surface area contributed by atoms with Gasteiger partial charge in [-0.15, -0.1) is 0 Å². The Balaban J connectivity index is 2.64. The Hall–Kier alpha value is -1.82. The van der Waals surface area contributed by atoms with Crippen LogP contribution in [0.3, 0.4) is 0 Å². The van der Waals surface area contributed by atoms with Gasteiger partial charge in [0.1, 0.15) is 0 Å². The Morgan fingerprint density at radius 2 is 2.16 bits per heavy atom. The number of rotatable bonds is 5. The van der Waals surface area contributed by atoms with E-state index in [0.717, 1.165) is 12.1 Å². The second-order valence-electron chi connectivity index (χ2n) is 3.74. The van der Waals surface area contributed by atoms with Crippen molar-refractivity contribution in [3.8, 4) is 0 Å². The molecule has 0 aromatic heterocycles. The molecule has 0 unspecified atom stereocenters. The zero-order valence-electron chi connectivity index (χ0n) is 10.3. The summed E-state index contributed by atoms with van der Waals surface area (Å²) >= 11 is 0. The summed E-state index contributed by atoms with van der Waals surface area (Å²) < 4.78 is 42.1. The first-order valence-corrected chi connectivity index (χ1v) is 5.55. The number of methoxy groups -OCH3 is 1. The third-order valence-corrected chi connectivity index (χ3v) is 2.25. The molecule has 0 spiro atoms. The maximum absolute atomic E-state index is 12.5. The van der Waals surface area contributed by atoms with Gasteiger partial charge in [-0.2, -0.15) is 13.2 Å². The van der Waals surface area contributed by atoms with Crippen molar-refractivity contribution >= 4 is 12.0 Å². The monoisotopic (exact) mass is 273 g/mol. The summed E-state index contributed by atoms with van der Waals surface area (Å²) in [5.74, 6) is -0.380. The second-order valence-corrected chi connectivity index (χ2v) is 3.74. The SMILES string of the molecule is COCCNC(=O)/C=C/c1cccc(C(F)(F)F)c1. The third kappa shape index (κ3) is 5.56. The van der Waals surface area contributed by atoms with Gasteiger partial charge in [0.25, 0.3) is 0 Å². The van der Waals surface area contributed by atoms with Crippen molar-refractivity contribution in [2.24, 2.45) is 0 Å². The van der Waals surface area contributed by atoms with Gasteiger partial charge in [-0.25, -0.2) is 0 Å². The van der Waals surface area contributed by atoms with Gasteiger partial charge in [0.2, 0.25) is 5.91 Å². The average molecular weight is 273 g/mol. The van der Waals surface area contributed by atoms with Gasteiger partial charge in [-0.1, -0.05) is 12.1 Å². The summed E-state index contributed by atoms with van der Waals surface area (Å²) in [6.45, 7) is 0.728. The van der Waals surface area contributed by atoms with Crippen LogP contribution in [0.5, 0.6) is 0 Å². The molecule has 0 fully saturated rings. The lowest BCUT2D eigenvalue weighted by atomic mass is 10.1. The molecular weight excluding hydrogens is 259 g/mol. The summed E-state index contributed by atoms with van der Waals surface area (Å²) in [5, 5.41) is 2.53. The quantitative estimate of drug-likeness (QED) is 0.661. The predicted molar refractivity (Wildman–Crippen MR) is 65.4 cm³/mol. The van der Waals surface area contributed by atoms with Gasteiger partial charge in [0, 0.05) is 19.7 Å². The highest BCUT2D eigenvalue weighted by Gasteiger charge is 2.30. The summed E-state index contributed by atoms with van der Waals surface area (Å²) in [6, 6.07) is 4.76. The minimum absolute atomic E-state index is 0.316. The third-order valence-electron chi connectivity index (χ3n) is 2.25. The van der Waals surface area contributed by atoms with Gasteiger partial charge >= 0.3 is 6.18 Å². The van der Waals surface area contributed by atoms with Crippen LogP contribution in [0.25, 0.3) is 6.08 Å². The molecular formula is C13H14F3NO2. The van der Waals surface area contributed by atoms with Crippen molar-refractivity contribution in [3.05, 3.63) is 41.5 Å². The standard InChI is InChI=1S/C13H14F3NO2/c1-19-8-7-17-12(18)6-5-10-3-2-4-11(9-10)13(14,15)16/h2-6,9H,7-8H2,1H3,(H,17,18)/b6-5+. The van der Waals surface area contributed by atoms with E-state index in [1.54, 1.807) is 0 Å². The lowest BCUT2D eigenvalue weighted by Crippen LogP contribution is -2.24. The molecule has 0 atom stereocenters. The first-order chi connectivity index (χ1) is 8.93. The van der Waals surface area contributed by atoms with E-state index in [0.29, 0.717) is 18.7 Å². The highest BCUT2D eigenvalue weighted by molar-refractivity contribution is 5.91. The molecule has 0 radical (unpaired) electrons. The predicted octanol–water partition coefficient (Wildman–Crippen LogP) is 2.48. The second kappa shape index (κ2) is 6.94. The zero-order valence-corrected chi connectivity index (χ0v) is 10.3. The highest BCUT2D eigenvalue weighted by Crippen LogP contribution is 2.29. The summed E-state index contributed by atoms with van der Waals surface area (Å²) in [4.78, 5) is 11.3. The maximum Gasteiger partial charge on any atom is 0.416 e. The minimum atomic E-state index is -4.38. The molecule has 0 aliphatic carbocycles. The van der Waals surface area contributed by atoms with Crippen LogP contribution in [-0.4, -0.2) is 26.2 Å². The Kier molecular flexibility index (Phi) is 5.57. The van der Waals surface area contributed by atoms with E-state index in [1.807, 2.05) is 0 Å². The van der Waals surface area contributed by atoms with Gasteiger partial charge in [-0.3, -0.25) is 4.79 Å². The van der Waals surface area contributed by atoms with E-state index in [4.69, 9.17) is 4.74 Å². The van der Waals surface area contributed by atoms with Crippen LogP contribution in [0.2, 0.25) is 0 Å². The number of hydrogen-bond donors (Lipinski definition) is 1. The lowest BCUT2D eigenvalue weighted by Gasteiger charge is -2.06. The first kappa shape index (κ1) is 15.2. The van der Waals surface area contributed by atoms with Crippen LogP contribution < -0.4 is 5.32 Å². The van der Waals surface area contributed by atoms with E-state index in [-0.39, 0.29) is 5.91 Å². The Morgan fingerprint density at radius 1 is 1.42 bits per heavy atom. The van der Waals surface area contributed by atoms with Crippen molar-refractivity contribution in [1.29, 1.82) is 0 Å². The van der Waals surface area contributed by atoms with Crippen molar-refractivity contribution in [1.82, 2.24) is 5.32 Å². The molecule has 0 saturated heterocycles. The Bertz CT molecular complexity index is 455. The minimum Gasteiger partial charge on any atom is -0.383 e. The lowest BCUT2D eigenvalue weighted by molar-refractivity contribution is -0.137. The van der Waals surface area contributed by atoms with E-state index >= 15 is 0 Å². The number of benzene rings is 1. The molecule has 1 rings (SSSR count). The molecule has 0 saturated carbocycles. The molecule has 1 aromatic rings. The van der Waals surface area contributed by atoms with Crippen molar-refractivity contribution in [3.63, 3.8) is 0 Å². The van der Waals surface area contributed by atoms with Crippen LogP contribution in [-0.2, 0) is 15.7 Å². The molecule has 3 nitrogen and oxygen atoms in total. The van der Waals surface area contributed by atoms with Crippen LogP contribution in [0, 0.1) is 0 Å². The molecule has 0 aliphatic heterocycles. The number of nitrogens with one attached hydrogen (secondary N) is 1. The van der Waals surface area contributed by atoms with Crippen molar-refractivity contribution < 1.29 is 22.7 Å². The first-order valence-electron chi connectivity index (χ1n) is 5.55. The number of amides is 1. The molecule has 1 aromatic carbocycles. The molecule has 0 aliphatic rings. The van der Waals surface area contributed by atoms with E-state index in [2.05, 4.69) is 5.32 Å². The molecule has 1 N–H and O–H groups in total. The van der Waals surface area contributed by atoms with Crippen LogP contribution in [0.4, 0.5) is 13.2 Å². The van der Waals surface area contributed by atoms with Gasteiger partial charge in [0.05, 0.1) is 12.2 Å². The van der Waals surface area contributed by atoms with E-state index in [1.165, 1.54) is 31.4 Å². The van der Waals surface area contributed by atoms with Gasteiger partial charge < -0.3 is 10.1 Å². The number of carbonyl (C=O) groups is 1. The highest BCUT2D eigenvalue weighted by atomic mass is 19.4. The van der Waals surface area contributed by atoms with Crippen LogP contribution >= 0.6 is 0 Å². The number of alkyl halides is 3. The molecule has 0 bridgehead atoms. The van der Waals surface area contributed by atoms with Crippen LogP contribution in [0.15, 0.2) is 30.3 Å². The number of halogens is 3. The summed E-state index contributed by atoms with van der Waals surface area (Å²) in [6.07, 6.45) is -1.87. The van der Waals surface area contributed by atoms with E-state index in [9.17, 15) is 18.0 Å². The number of carbonyl (C=O) groups excluding carboxylic acids is 1. The molecule has 19 heavy (non-hydrogen) atoms. The normalized spacial score (nSPS) is 11.8. The Labute approximate surface area is 109 Å². The maximum atomic E-state index is 12.5. The van der Waals surface area contributed by atoms with Crippen molar-refractivity contribution in [2.75, 3.05) is 20.3 Å².